The third kappa shape index (κ3) is 2.44. The molecule has 2 unspecified atom stereocenters. The molecule has 4 N–H and O–H groups in total. The van der Waals surface area contributed by atoms with Crippen LogP contribution in [0.5, 0.6) is 0 Å². The van der Waals surface area contributed by atoms with Gasteiger partial charge in [0.25, 0.3) is 0 Å². The van der Waals surface area contributed by atoms with Crippen LogP contribution in [0.4, 0.5) is 5.69 Å². The lowest BCUT2D eigenvalue weighted by atomic mass is 9.95. The second kappa shape index (κ2) is 5.16. The molecular weight excluding hydrogens is 250 g/mol. The highest BCUT2D eigenvalue weighted by Gasteiger charge is 2.26. The second-order valence-corrected chi connectivity index (χ2v) is 5.23. The van der Waals surface area contributed by atoms with Gasteiger partial charge >= 0.3 is 0 Å². The molecule has 0 aromatic heterocycles. The number of benzene rings is 1. The number of nitrogen functional groups attached to an aromatic ring is 1. The van der Waals surface area contributed by atoms with Gasteiger partial charge in [-0.2, -0.15) is 0 Å². The zero-order chi connectivity index (χ0) is 13.3. The molecule has 1 aromatic rings. The lowest BCUT2D eigenvalue weighted by Crippen LogP contribution is -2.42. The molecule has 0 amide bonds. The number of halogens is 1. The lowest BCUT2D eigenvalue weighted by molar-refractivity contribution is 0.0971. The van der Waals surface area contributed by atoms with Gasteiger partial charge in [-0.25, -0.2) is 0 Å². The number of hydrogen-bond donors (Lipinski definition) is 3. The van der Waals surface area contributed by atoms with Crippen LogP contribution in [0.1, 0.15) is 18.9 Å². The normalized spacial score (nSPS) is 24.1. The minimum Gasteiger partial charge on any atom is -0.393 e. The van der Waals surface area contributed by atoms with Gasteiger partial charge in [-0.1, -0.05) is 24.6 Å². The van der Waals surface area contributed by atoms with Crippen LogP contribution in [0.2, 0.25) is 5.02 Å². The number of piperidine rings is 1. The van der Waals surface area contributed by atoms with Crippen molar-refractivity contribution >= 4 is 23.1 Å². The summed E-state index contributed by atoms with van der Waals surface area (Å²) < 4.78 is 0. The van der Waals surface area contributed by atoms with E-state index >= 15 is 0 Å². The molecule has 1 saturated heterocycles. The number of nitrogens with zero attached hydrogens (tertiary/aromatic N) is 1. The van der Waals surface area contributed by atoms with Gasteiger partial charge in [0.2, 0.25) is 0 Å². The molecule has 1 aromatic carbocycles. The molecule has 1 aliphatic heterocycles. The molecular formula is C13H18ClN3O. The standard InChI is InChI=1S/C13H18ClN3O/c1-8-7-17(6-5-11(8)18)10-4-2-3-9(14)12(10)13(15)16/h2-4,8,11,18H,5-7H2,1H3,(H3,15,16). The lowest BCUT2D eigenvalue weighted by Gasteiger charge is -2.37. The van der Waals surface area contributed by atoms with Crippen LogP contribution in [-0.4, -0.2) is 30.1 Å². The summed E-state index contributed by atoms with van der Waals surface area (Å²) in [6.45, 7) is 3.53. The van der Waals surface area contributed by atoms with Crippen molar-refractivity contribution in [1.29, 1.82) is 5.41 Å². The predicted octanol–water partition coefficient (Wildman–Crippen LogP) is 1.83. The van der Waals surface area contributed by atoms with Gasteiger partial charge in [0, 0.05) is 18.8 Å². The fourth-order valence-corrected chi connectivity index (χ4v) is 2.67. The van der Waals surface area contributed by atoms with Crippen molar-refractivity contribution < 1.29 is 5.11 Å². The zero-order valence-corrected chi connectivity index (χ0v) is 11.1. The summed E-state index contributed by atoms with van der Waals surface area (Å²) >= 11 is 6.11. The molecule has 5 heteroatoms. The molecule has 0 spiro atoms. The molecule has 0 bridgehead atoms. The molecule has 98 valence electrons. The topological polar surface area (TPSA) is 73.3 Å². The average Bonchev–Trinajstić information content (AvgIpc) is 2.32. The highest BCUT2D eigenvalue weighted by molar-refractivity contribution is 6.34. The Morgan fingerprint density at radius 3 is 2.89 bits per heavy atom. The van der Waals surface area contributed by atoms with Crippen LogP contribution < -0.4 is 10.6 Å². The maximum Gasteiger partial charge on any atom is 0.126 e. The Kier molecular flexibility index (Phi) is 3.78. The van der Waals surface area contributed by atoms with Gasteiger partial charge in [-0.05, 0) is 24.5 Å². The summed E-state index contributed by atoms with van der Waals surface area (Å²) in [6.07, 6.45) is 0.478. The number of nitrogens with one attached hydrogen (secondary N) is 1. The van der Waals surface area contributed by atoms with Gasteiger partial charge in [-0.3, -0.25) is 5.41 Å². The highest BCUT2D eigenvalue weighted by atomic mass is 35.5. The third-order valence-electron chi connectivity index (χ3n) is 3.46. The summed E-state index contributed by atoms with van der Waals surface area (Å²) in [4.78, 5) is 2.14. The Morgan fingerprint density at radius 1 is 1.56 bits per heavy atom. The fourth-order valence-electron chi connectivity index (χ4n) is 2.39. The Hall–Kier alpha value is -1.26. The SMILES string of the molecule is CC1CN(c2cccc(Cl)c2C(=N)N)CCC1O. The minimum absolute atomic E-state index is 0.0191. The minimum atomic E-state index is -0.249. The van der Waals surface area contributed by atoms with E-state index in [9.17, 15) is 5.11 Å². The van der Waals surface area contributed by atoms with Gasteiger partial charge < -0.3 is 15.7 Å². The van der Waals surface area contributed by atoms with Crippen LogP contribution in [-0.2, 0) is 0 Å². The molecule has 2 rings (SSSR count). The fraction of sp³-hybridized carbons (Fsp3) is 0.462. The number of anilines is 1. The van der Waals surface area contributed by atoms with Crippen LogP contribution in [0.15, 0.2) is 18.2 Å². The summed E-state index contributed by atoms with van der Waals surface area (Å²) in [5.41, 5.74) is 7.08. The van der Waals surface area contributed by atoms with Crippen LogP contribution in [0.3, 0.4) is 0 Å². The molecule has 0 radical (unpaired) electrons. The first-order valence-electron chi connectivity index (χ1n) is 6.06. The van der Waals surface area contributed by atoms with Crippen molar-refractivity contribution in [1.82, 2.24) is 0 Å². The average molecular weight is 268 g/mol. The molecule has 4 nitrogen and oxygen atoms in total. The van der Waals surface area contributed by atoms with Gasteiger partial charge in [0.1, 0.15) is 5.84 Å². The van der Waals surface area contributed by atoms with E-state index in [2.05, 4.69) is 4.90 Å². The van der Waals surface area contributed by atoms with Crippen molar-refractivity contribution in [3.05, 3.63) is 28.8 Å². The number of amidine groups is 1. The first-order valence-corrected chi connectivity index (χ1v) is 6.44. The monoisotopic (exact) mass is 267 g/mol. The first kappa shape index (κ1) is 13.2. The Balaban J connectivity index is 2.34. The van der Waals surface area contributed by atoms with E-state index in [-0.39, 0.29) is 17.9 Å². The van der Waals surface area contributed by atoms with Gasteiger partial charge in [0.05, 0.1) is 16.7 Å². The Morgan fingerprint density at radius 2 is 2.28 bits per heavy atom. The quantitative estimate of drug-likeness (QED) is 0.565. The predicted molar refractivity (Wildman–Crippen MR) is 74.5 cm³/mol. The number of aliphatic hydroxyl groups excluding tert-OH is 1. The van der Waals surface area contributed by atoms with Crippen LogP contribution >= 0.6 is 11.6 Å². The summed E-state index contributed by atoms with van der Waals surface area (Å²) in [5.74, 6) is 0.187. The van der Waals surface area contributed by atoms with E-state index in [1.54, 1.807) is 6.07 Å². The largest absolute Gasteiger partial charge is 0.393 e. The molecule has 0 aliphatic carbocycles. The van der Waals surface area contributed by atoms with Crippen molar-refractivity contribution in [2.75, 3.05) is 18.0 Å². The first-order chi connectivity index (χ1) is 8.50. The van der Waals surface area contributed by atoms with Crippen molar-refractivity contribution in [3.8, 4) is 0 Å². The smallest absolute Gasteiger partial charge is 0.126 e. The molecule has 18 heavy (non-hydrogen) atoms. The van der Waals surface area contributed by atoms with E-state index < -0.39 is 0 Å². The zero-order valence-electron chi connectivity index (χ0n) is 10.4. The van der Waals surface area contributed by atoms with Crippen LogP contribution in [0.25, 0.3) is 0 Å². The van der Waals surface area contributed by atoms with Crippen molar-refractivity contribution in [2.45, 2.75) is 19.4 Å². The van der Waals surface area contributed by atoms with E-state index in [4.69, 9.17) is 22.7 Å². The molecule has 1 heterocycles. The highest BCUT2D eigenvalue weighted by Crippen LogP contribution is 2.30. The number of hydrogen-bond acceptors (Lipinski definition) is 3. The maximum absolute atomic E-state index is 9.76. The van der Waals surface area contributed by atoms with Crippen molar-refractivity contribution in [3.63, 3.8) is 0 Å². The van der Waals surface area contributed by atoms with E-state index in [0.717, 1.165) is 25.2 Å². The van der Waals surface area contributed by atoms with E-state index in [1.807, 2.05) is 19.1 Å². The molecule has 0 saturated carbocycles. The Labute approximate surface area is 112 Å². The van der Waals surface area contributed by atoms with E-state index in [1.165, 1.54) is 0 Å². The maximum atomic E-state index is 9.76. The molecule has 1 aliphatic rings. The number of nitrogens with two attached hydrogens (primary N) is 1. The van der Waals surface area contributed by atoms with Gasteiger partial charge in [0.15, 0.2) is 0 Å². The van der Waals surface area contributed by atoms with Crippen LogP contribution in [0, 0.1) is 11.3 Å². The number of aliphatic hydroxyl groups is 1. The second-order valence-electron chi connectivity index (χ2n) is 4.83. The summed E-state index contributed by atoms with van der Waals surface area (Å²) in [7, 11) is 0. The number of rotatable bonds is 2. The van der Waals surface area contributed by atoms with Crippen molar-refractivity contribution in [2.24, 2.45) is 11.7 Å². The Bertz CT molecular complexity index is 464. The third-order valence-corrected chi connectivity index (χ3v) is 3.78. The van der Waals surface area contributed by atoms with E-state index in [0.29, 0.717) is 10.6 Å². The van der Waals surface area contributed by atoms with Gasteiger partial charge in [-0.15, -0.1) is 0 Å². The molecule has 2 atom stereocenters. The molecule has 1 fully saturated rings. The summed E-state index contributed by atoms with van der Waals surface area (Å²) in [5, 5.41) is 17.9. The summed E-state index contributed by atoms with van der Waals surface area (Å²) in [6, 6.07) is 5.52.